The minimum Gasteiger partial charge on any atom is -0.444 e. The van der Waals surface area contributed by atoms with Crippen molar-refractivity contribution in [2.75, 3.05) is 32.7 Å². The molecule has 0 atom stereocenters. The molecule has 1 N–H and O–H groups in total. The van der Waals surface area contributed by atoms with Gasteiger partial charge in [0, 0.05) is 38.9 Å². The number of piperidine rings is 1. The van der Waals surface area contributed by atoms with Crippen molar-refractivity contribution >= 4 is 12.1 Å². The van der Waals surface area contributed by atoms with Crippen molar-refractivity contribution in [3.05, 3.63) is 29.8 Å². The number of guanidine groups is 1. The van der Waals surface area contributed by atoms with E-state index in [0.29, 0.717) is 24.7 Å². The standard InChI is InChI=1S/C22H36FN5O2/c1-6-24-20(26-15-19-18(23)9-8-12-25-19)28-13-10-17(11-14-28)16-27(7-2)21(29)30-22(3,4)5/h8-9,12,17H,6-7,10-11,13-16H2,1-5H3,(H,24,26). The van der Waals surface area contributed by atoms with E-state index in [1.165, 1.54) is 6.07 Å². The van der Waals surface area contributed by atoms with E-state index in [1.807, 2.05) is 34.6 Å². The van der Waals surface area contributed by atoms with Crippen LogP contribution < -0.4 is 5.32 Å². The number of nitrogens with one attached hydrogen (secondary N) is 1. The van der Waals surface area contributed by atoms with Crippen molar-refractivity contribution in [1.82, 2.24) is 20.1 Å². The maximum absolute atomic E-state index is 13.8. The number of nitrogens with zero attached hydrogens (tertiary/aromatic N) is 4. The molecule has 0 aromatic carbocycles. The molecule has 0 spiro atoms. The van der Waals surface area contributed by atoms with Crippen LogP contribution in [-0.2, 0) is 11.3 Å². The van der Waals surface area contributed by atoms with Gasteiger partial charge in [0.15, 0.2) is 5.96 Å². The summed E-state index contributed by atoms with van der Waals surface area (Å²) in [6, 6.07) is 2.98. The molecule has 2 heterocycles. The molecule has 7 nitrogen and oxygen atoms in total. The van der Waals surface area contributed by atoms with Gasteiger partial charge in [-0.05, 0) is 65.5 Å². The number of aromatic nitrogens is 1. The van der Waals surface area contributed by atoms with E-state index in [4.69, 9.17) is 4.74 Å². The molecule has 0 radical (unpaired) electrons. The quantitative estimate of drug-likeness (QED) is 0.561. The highest BCUT2D eigenvalue weighted by atomic mass is 19.1. The van der Waals surface area contributed by atoms with Crippen molar-refractivity contribution < 1.29 is 13.9 Å². The van der Waals surface area contributed by atoms with Gasteiger partial charge in [-0.1, -0.05) is 0 Å². The third-order valence-corrected chi connectivity index (χ3v) is 4.97. The van der Waals surface area contributed by atoms with Gasteiger partial charge in [0.2, 0.25) is 0 Å². The van der Waals surface area contributed by atoms with Crippen molar-refractivity contribution in [1.29, 1.82) is 0 Å². The maximum atomic E-state index is 13.8. The van der Waals surface area contributed by atoms with Gasteiger partial charge in [-0.2, -0.15) is 0 Å². The molecule has 8 heteroatoms. The van der Waals surface area contributed by atoms with Crippen molar-refractivity contribution in [2.24, 2.45) is 10.9 Å². The van der Waals surface area contributed by atoms with Gasteiger partial charge in [-0.25, -0.2) is 14.2 Å². The number of carbonyl (C=O) groups excluding carboxylic acids is 1. The number of pyridine rings is 1. The van der Waals surface area contributed by atoms with Crippen LogP contribution in [0.3, 0.4) is 0 Å². The van der Waals surface area contributed by atoms with E-state index in [0.717, 1.165) is 38.4 Å². The molecule has 1 aliphatic heterocycles. The lowest BCUT2D eigenvalue weighted by Crippen LogP contribution is -2.47. The monoisotopic (exact) mass is 421 g/mol. The molecule has 0 bridgehead atoms. The summed E-state index contributed by atoms with van der Waals surface area (Å²) >= 11 is 0. The summed E-state index contributed by atoms with van der Waals surface area (Å²) in [6.45, 7) is 13.6. The fourth-order valence-corrected chi connectivity index (χ4v) is 3.41. The summed E-state index contributed by atoms with van der Waals surface area (Å²) in [5, 5.41) is 3.29. The van der Waals surface area contributed by atoms with Crippen LogP contribution in [0.1, 0.15) is 53.2 Å². The Kier molecular flexibility index (Phi) is 8.87. The summed E-state index contributed by atoms with van der Waals surface area (Å²) < 4.78 is 19.4. The molecule has 30 heavy (non-hydrogen) atoms. The molecule has 1 amide bonds. The molecule has 1 aromatic heterocycles. The number of halogens is 1. The zero-order valence-electron chi connectivity index (χ0n) is 18.9. The maximum Gasteiger partial charge on any atom is 0.410 e. The Morgan fingerprint density at radius 1 is 1.37 bits per heavy atom. The van der Waals surface area contributed by atoms with Crippen molar-refractivity contribution in [3.8, 4) is 0 Å². The molecule has 0 unspecified atom stereocenters. The van der Waals surface area contributed by atoms with Crippen molar-refractivity contribution in [2.45, 2.75) is 59.6 Å². The number of amides is 1. The molecule has 0 aliphatic carbocycles. The fourth-order valence-electron chi connectivity index (χ4n) is 3.41. The van der Waals surface area contributed by atoms with E-state index >= 15 is 0 Å². The first kappa shape index (κ1) is 23.9. The predicted molar refractivity (Wildman–Crippen MR) is 117 cm³/mol. The number of hydrogen-bond donors (Lipinski definition) is 1. The number of aliphatic imine (C=N–C) groups is 1. The summed E-state index contributed by atoms with van der Waals surface area (Å²) in [7, 11) is 0. The zero-order chi connectivity index (χ0) is 22.1. The Balaban J connectivity index is 1.92. The molecular weight excluding hydrogens is 385 g/mol. The van der Waals surface area contributed by atoms with Crippen LogP contribution in [0.2, 0.25) is 0 Å². The van der Waals surface area contributed by atoms with E-state index in [2.05, 4.69) is 20.2 Å². The van der Waals surface area contributed by atoms with E-state index < -0.39 is 5.60 Å². The second-order valence-corrected chi connectivity index (χ2v) is 8.55. The van der Waals surface area contributed by atoms with E-state index in [1.54, 1.807) is 17.2 Å². The number of rotatable bonds is 6. The van der Waals surface area contributed by atoms with Gasteiger partial charge in [-0.3, -0.25) is 4.98 Å². The number of carbonyl (C=O) groups is 1. The minimum atomic E-state index is -0.488. The Morgan fingerprint density at radius 3 is 2.63 bits per heavy atom. The van der Waals surface area contributed by atoms with Gasteiger partial charge >= 0.3 is 6.09 Å². The lowest BCUT2D eigenvalue weighted by molar-refractivity contribution is 0.0214. The van der Waals surface area contributed by atoms with Crippen LogP contribution in [0, 0.1) is 11.7 Å². The molecule has 1 saturated heterocycles. The third kappa shape index (κ3) is 7.46. The molecule has 0 saturated carbocycles. The van der Waals surface area contributed by atoms with Gasteiger partial charge in [-0.15, -0.1) is 0 Å². The summed E-state index contributed by atoms with van der Waals surface area (Å²) in [5.74, 6) is 0.864. The van der Waals surface area contributed by atoms with Gasteiger partial charge in [0.1, 0.15) is 11.4 Å². The van der Waals surface area contributed by atoms with Gasteiger partial charge < -0.3 is 19.9 Å². The number of ether oxygens (including phenoxy) is 1. The lowest BCUT2D eigenvalue weighted by Gasteiger charge is -2.36. The van der Waals surface area contributed by atoms with Crippen LogP contribution in [0.25, 0.3) is 0 Å². The molecule has 1 aliphatic rings. The Hall–Kier alpha value is -2.38. The molecular formula is C22H36FN5O2. The Bertz CT molecular complexity index is 712. The van der Waals surface area contributed by atoms with E-state index in [9.17, 15) is 9.18 Å². The van der Waals surface area contributed by atoms with Gasteiger partial charge in [0.05, 0.1) is 12.2 Å². The SMILES string of the molecule is CCNC(=NCc1ncccc1F)N1CCC(CN(CC)C(=O)OC(C)(C)C)CC1. The highest BCUT2D eigenvalue weighted by molar-refractivity contribution is 5.80. The van der Waals surface area contributed by atoms with Crippen LogP contribution in [0.4, 0.5) is 9.18 Å². The molecule has 168 valence electrons. The smallest absolute Gasteiger partial charge is 0.410 e. The highest BCUT2D eigenvalue weighted by Gasteiger charge is 2.27. The first-order chi connectivity index (χ1) is 14.2. The largest absolute Gasteiger partial charge is 0.444 e. The molecule has 1 aromatic rings. The van der Waals surface area contributed by atoms with Crippen LogP contribution in [-0.4, -0.2) is 65.2 Å². The number of hydrogen-bond acceptors (Lipinski definition) is 4. The summed E-state index contributed by atoms with van der Waals surface area (Å²) in [6.07, 6.45) is 3.25. The first-order valence-electron chi connectivity index (χ1n) is 10.8. The third-order valence-electron chi connectivity index (χ3n) is 4.97. The average Bonchev–Trinajstić information content (AvgIpc) is 2.69. The second-order valence-electron chi connectivity index (χ2n) is 8.55. The van der Waals surface area contributed by atoms with Crippen LogP contribution in [0.15, 0.2) is 23.3 Å². The Morgan fingerprint density at radius 2 is 2.07 bits per heavy atom. The average molecular weight is 422 g/mol. The fraction of sp³-hybridized carbons (Fsp3) is 0.682. The van der Waals surface area contributed by atoms with Crippen LogP contribution >= 0.6 is 0 Å². The topological polar surface area (TPSA) is 70.1 Å². The Labute approximate surface area is 179 Å². The first-order valence-corrected chi connectivity index (χ1v) is 10.8. The van der Waals surface area contributed by atoms with Crippen molar-refractivity contribution in [3.63, 3.8) is 0 Å². The zero-order valence-corrected chi connectivity index (χ0v) is 18.9. The minimum absolute atomic E-state index is 0.206. The molecule has 1 fully saturated rings. The highest BCUT2D eigenvalue weighted by Crippen LogP contribution is 2.20. The predicted octanol–water partition coefficient (Wildman–Crippen LogP) is 3.66. The summed E-state index contributed by atoms with van der Waals surface area (Å²) in [5.41, 5.74) is -0.142. The second kappa shape index (κ2) is 11.1. The number of likely N-dealkylation sites (tertiary alicyclic amines) is 1. The van der Waals surface area contributed by atoms with Gasteiger partial charge in [0.25, 0.3) is 0 Å². The lowest BCUT2D eigenvalue weighted by atomic mass is 9.96. The van der Waals surface area contributed by atoms with E-state index in [-0.39, 0.29) is 18.5 Å². The summed E-state index contributed by atoms with van der Waals surface area (Å²) in [4.78, 5) is 25.0. The normalized spacial score (nSPS) is 15.8. The molecule has 2 rings (SSSR count). The van der Waals surface area contributed by atoms with Crippen LogP contribution in [0.5, 0.6) is 0 Å².